The second kappa shape index (κ2) is 18.3. The van der Waals surface area contributed by atoms with E-state index in [1.54, 1.807) is 11.8 Å². The molecule has 5 aromatic carbocycles. The quantitative estimate of drug-likeness (QED) is 0.0549. The van der Waals surface area contributed by atoms with Gasteiger partial charge in [0.15, 0.2) is 5.82 Å². The third-order valence-electron chi connectivity index (χ3n) is 10.5. The third kappa shape index (κ3) is 10.5. The van der Waals surface area contributed by atoms with E-state index in [0.717, 1.165) is 61.5 Å². The first-order valence-corrected chi connectivity index (χ1v) is 22.2. The molecule has 2 heterocycles. The number of aromatic nitrogens is 2. The second-order valence-corrected chi connectivity index (χ2v) is 18.4. The summed E-state index contributed by atoms with van der Waals surface area (Å²) in [6, 6.07) is 36.0. The number of nitro benzene ring substituents is 1. The summed E-state index contributed by atoms with van der Waals surface area (Å²) < 4.78 is 30.2. The second-order valence-electron chi connectivity index (χ2n) is 15.2. The van der Waals surface area contributed by atoms with Crippen LogP contribution in [0.1, 0.15) is 18.9 Å². The van der Waals surface area contributed by atoms with Crippen molar-refractivity contribution in [1.82, 2.24) is 19.8 Å². The van der Waals surface area contributed by atoms with Gasteiger partial charge in [0, 0.05) is 71.1 Å². The fourth-order valence-electron chi connectivity index (χ4n) is 7.14. The van der Waals surface area contributed by atoms with Gasteiger partial charge in [-0.25, -0.2) is 18.4 Å². The number of anilines is 3. The predicted octanol–water partition coefficient (Wildman–Crippen LogP) is 8.90. The lowest BCUT2D eigenvalue weighted by molar-refractivity contribution is -0.384. The van der Waals surface area contributed by atoms with Gasteiger partial charge in [-0.2, -0.15) is 0 Å². The number of benzene rings is 5. The van der Waals surface area contributed by atoms with Crippen LogP contribution in [0.15, 0.2) is 131 Å². The smallest absolute Gasteiger partial charge is 0.293 e. The minimum Gasteiger partial charge on any atom is -0.373 e. The minimum absolute atomic E-state index is 0.0878. The summed E-state index contributed by atoms with van der Waals surface area (Å²) in [6.07, 6.45) is 2.01. The van der Waals surface area contributed by atoms with Crippen molar-refractivity contribution in [1.29, 1.82) is 0 Å². The summed E-state index contributed by atoms with van der Waals surface area (Å²) >= 11 is 7.80. The molecule has 0 saturated carbocycles. The zero-order chi connectivity index (χ0) is 41.6. The molecule has 0 bridgehead atoms. The van der Waals surface area contributed by atoms with Crippen LogP contribution in [0.3, 0.4) is 0 Å². The van der Waals surface area contributed by atoms with Crippen LogP contribution in [0.4, 0.5) is 22.9 Å². The summed E-state index contributed by atoms with van der Waals surface area (Å²) in [4.78, 5) is 28.2. The van der Waals surface area contributed by atoms with E-state index >= 15 is 0 Å². The van der Waals surface area contributed by atoms with Crippen LogP contribution >= 0.6 is 23.4 Å². The van der Waals surface area contributed by atoms with Crippen LogP contribution in [0.25, 0.3) is 22.0 Å². The Morgan fingerprint density at radius 1 is 0.898 bits per heavy atom. The molecule has 12 nitrogen and oxygen atoms in total. The fraction of sp³-hybridized carbons (Fsp3) is 0.273. The number of sulfonamides is 1. The summed E-state index contributed by atoms with van der Waals surface area (Å²) in [5.74, 6) is 0.716. The number of nitrogens with one attached hydrogen (secondary N) is 2. The Hall–Kier alpha value is -5.25. The van der Waals surface area contributed by atoms with Crippen LogP contribution in [0.2, 0.25) is 5.02 Å². The Labute approximate surface area is 354 Å². The Kier molecular flexibility index (Phi) is 13.0. The van der Waals surface area contributed by atoms with E-state index < -0.39 is 20.5 Å². The van der Waals surface area contributed by atoms with Gasteiger partial charge in [-0.15, -0.1) is 11.8 Å². The predicted molar refractivity (Wildman–Crippen MR) is 240 cm³/mol. The van der Waals surface area contributed by atoms with Gasteiger partial charge in [-0.05, 0) is 105 Å². The number of thioether (sulfide) groups is 1. The highest BCUT2D eigenvalue weighted by Crippen LogP contribution is 2.35. The molecule has 1 aromatic heterocycles. The molecule has 1 saturated heterocycles. The minimum atomic E-state index is -4.28. The van der Waals surface area contributed by atoms with Gasteiger partial charge in [-0.1, -0.05) is 66.2 Å². The van der Waals surface area contributed by atoms with E-state index in [9.17, 15) is 18.5 Å². The first-order valence-electron chi connectivity index (χ1n) is 19.3. The van der Waals surface area contributed by atoms with E-state index in [2.05, 4.69) is 71.1 Å². The van der Waals surface area contributed by atoms with Crippen molar-refractivity contribution in [3.8, 4) is 11.1 Å². The van der Waals surface area contributed by atoms with Crippen LogP contribution in [-0.2, 0) is 16.6 Å². The molecule has 7 rings (SSSR count). The Bertz CT molecular complexity index is 2520. The summed E-state index contributed by atoms with van der Waals surface area (Å²) in [7, 11) is -0.319. The van der Waals surface area contributed by atoms with Crippen LogP contribution in [-0.4, -0.2) is 91.2 Å². The molecule has 1 aliphatic heterocycles. The molecular formula is C44H47ClN8O4S2. The van der Waals surface area contributed by atoms with Gasteiger partial charge in [0.05, 0.1) is 15.3 Å². The molecule has 15 heteroatoms. The standard InChI is InChI=1S/C44H47ClN8O4S2/c1-44(21-22-50(2)3,30-58-36-10-5-4-6-11-36)48-40-20-18-37(28-42(40)53(54)55)59(56,57)49-43-39-19-17-35(27-41(39)46-31-47-43)52-25-23-51(24-26-52)29-33-9-7-8-12-38(33)32-13-15-34(45)16-14-32/h4-20,27-28,31,48H,21-26,29-30H2,1-3H3,(H,46,47,49)/t44-/m0/s1. The molecule has 1 atom stereocenters. The lowest BCUT2D eigenvalue weighted by atomic mass is 9.99. The Morgan fingerprint density at radius 3 is 2.36 bits per heavy atom. The van der Waals surface area contributed by atoms with Gasteiger partial charge in [-0.3, -0.25) is 19.7 Å². The maximum Gasteiger partial charge on any atom is 0.293 e. The lowest BCUT2D eigenvalue weighted by Gasteiger charge is -2.36. The van der Waals surface area contributed by atoms with E-state index in [1.165, 1.54) is 29.6 Å². The number of hydrogen-bond donors (Lipinski definition) is 2. The molecule has 59 heavy (non-hydrogen) atoms. The van der Waals surface area contributed by atoms with Crippen molar-refractivity contribution in [3.05, 3.63) is 142 Å². The Morgan fingerprint density at radius 2 is 1.63 bits per heavy atom. The monoisotopic (exact) mass is 850 g/mol. The van der Waals surface area contributed by atoms with Crippen molar-refractivity contribution >= 4 is 67.2 Å². The number of halogens is 1. The SMILES string of the molecule is CN(C)CC[C@@](C)(CSc1ccccc1)Nc1ccc(S(=O)(=O)Nc2ncnc3cc(N4CCN(Cc5ccccc5-c5ccc(Cl)cc5)CC4)ccc23)cc1[N+](=O)[O-]. The summed E-state index contributed by atoms with van der Waals surface area (Å²) in [5.41, 5.74) is 4.50. The maximum atomic E-state index is 13.8. The van der Waals surface area contributed by atoms with E-state index in [4.69, 9.17) is 11.6 Å². The number of rotatable bonds is 16. The highest BCUT2D eigenvalue weighted by molar-refractivity contribution is 7.99. The molecule has 0 aliphatic carbocycles. The van der Waals surface area contributed by atoms with Gasteiger partial charge >= 0.3 is 0 Å². The number of piperazine rings is 1. The average Bonchev–Trinajstić information content (AvgIpc) is 3.23. The third-order valence-corrected chi connectivity index (χ3v) is 13.5. The number of nitrogens with zero attached hydrogens (tertiary/aromatic N) is 6. The van der Waals surface area contributed by atoms with E-state index in [0.29, 0.717) is 28.1 Å². The number of fused-ring (bicyclic) bond motifs is 1. The van der Waals surface area contributed by atoms with E-state index in [1.807, 2.05) is 81.7 Å². The van der Waals surface area contributed by atoms with Gasteiger partial charge < -0.3 is 15.1 Å². The topological polar surface area (TPSA) is 137 Å². The van der Waals surface area contributed by atoms with Crippen LogP contribution in [0.5, 0.6) is 0 Å². The first kappa shape index (κ1) is 41.9. The molecule has 0 spiro atoms. The molecule has 306 valence electrons. The van der Waals surface area contributed by atoms with Gasteiger partial charge in [0.2, 0.25) is 0 Å². The highest BCUT2D eigenvalue weighted by atomic mass is 35.5. The zero-order valence-corrected chi connectivity index (χ0v) is 35.6. The van der Waals surface area contributed by atoms with Crippen LogP contribution in [0, 0.1) is 10.1 Å². The van der Waals surface area contributed by atoms with Crippen molar-refractivity contribution in [3.63, 3.8) is 0 Å². The van der Waals surface area contributed by atoms with E-state index in [-0.39, 0.29) is 22.1 Å². The Balaban J connectivity index is 1.04. The average molecular weight is 851 g/mol. The van der Waals surface area contributed by atoms with Crippen molar-refractivity contribution in [2.45, 2.75) is 35.2 Å². The molecule has 1 fully saturated rings. The first-order chi connectivity index (χ1) is 28.4. The molecule has 2 N–H and O–H groups in total. The van der Waals surface area contributed by atoms with Crippen LogP contribution < -0.4 is 14.9 Å². The van der Waals surface area contributed by atoms with Crippen molar-refractivity contribution < 1.29 is 13.3 Å². The van der Waals surface area contributed by atoms with Crippen molar-refractivity contribution in [2.75, 3.05) is 67.5 Å². The maximum absolute atomic E-state index is 13.8. The number of nitro groups is 1. The highest BCUT2D eigenvalue weighted by Gasteiger charge is 2.30. The lowest BCUT2D eigenvalue weighted by Crippen LogP contribution is -2.46. The summed E-state index contributed by atoms with van der Waals surface area (Å²) in [5, 5.41) is 17.0. The summed E-state index contributed by atoms with van der Waals surface area (Å²) in [6.45, 7) is 6.95. The molecule has 0 radical (unpaired) electrons. The van der Waals surface area contributed by atoms with Gasteiger partial charge in [0.1, 0.15) is 12.0 Å². The molecule has 6 aromatic rings. The molecular weight excluding hydrogens is 804 g/mol. The normalized spacial score (nSPS) is 14.6. The fourth-order valence-corrected chi connectivity index (χ4v) is 9.37. The van der Waals surface area contributed by atoms with Gasteiger partial charge in [0.25, 0.3) is 15.7 Å². The largest absolute Gasteiger partial charge is 0.373 e. The van der Waals surface area contributed by atoms with Crippen molar-refractivity contribution in [2.24, 2.45) is 0 Å². The number of hydrogen-bond acceptors (Lipinski definition) is 11. The zero-order valence-electron chi connectivity index (χ0n) is 33.2. The molecule has 0 unspecified atom stereocenters. The molecule has 0 amide bonds. The molecule has 1 aliphatic rings.